The zero-order chi connectivity index (χ0) is 15.6. The van der Waals surface area contributed by atoms with E-state index in [4.69, 9.17) is 4.74 Å². The Balaban J connectivity index is 2.44. The fourth-order valence-corrected chi connectivity index (χ4v) is 3.23. The molecule has 1 fully saturated rings. The Hall–Kier alpha value is -1.47. The van der Waals surface area contributed by atoms with Crippen molar-refractivity contribution >= 4 is 44.8 Å². The van der Waals surface area contributed by atoms with Gasteiger partial charge in [-0.1, -0.05) is 15.9 Å². The number of likely N-dealkylation sites (N-methyl/N-ethyl adjacent to an activating group) is 1. The molecule has 0 unspecified atom stereocenters. The van der Waals surface area contributed by atoms with E-state index < -0.39 is 0 Å². The first kappa shape index (κ1) is 15.9. The number of amides is 1. The van der Waals surface area contributed by atoms with Crippen LogP contribution >= 0.6 is 27.7 Å². The molecule has 112 valence electrons. The summed E-state index contributed by atoms with van der Waals surface area (Å²) in [7, 11) is 3.31. The molecule has 7 heteroatoms. The van der Waals surface area contributed by atoms with Crippen LogP contribution in [0.5, 0.6) is 11.5 Å². The molecule has 1 amide bonds. The number of carbonyl (C=O) groups excluding carboxylic acids is 1. The maximum Gasteiger partial charge on any atom is 0.266 e. The van der Waals surface area contributed by atoms with E-state index >= 15 is 0 Å². The summed E-state index contributed by atoms with van der Waals surface area (Å²) in [6.07, 6.45) is 1.64. The van der Waals surface area contributed by atoms with E-state index in [1.807, 2.05) is 6.92 Å². The molecule has 1 aliphatic heterocycles. The fourth-order valence-electron chi connectivity index (χ4n) is 1.86. The molecule has 0 radical (unpaired) electrons. The number of ether oxygens (including phenoxy) is 1. The van der Waals surface area contributed by atoms with Crippen LogP contribution in [0.2, 0.25) is 0 Å². The second-order valence-corrected chi connectivity index (χ2v) is 6.18. The second kappa shape index (κ2) is 6.53. The van der Waals surface area contributed by atoms with Crippen LogP contribution in [0.25, 0.3) is 6.08 Å². The van der Waals surface area contributed by atoms with Gasteiger partial charge in [-0.25, -0.2) is 0 Å². The van der Waals surface area contributed by atoms with E-state index in [-0.39, 0.29) is 11.7 Å². The van der Waals surface area contributed by atoms with Crippen LogP contribution < -0.4 is 4.74 Å². The van der Waals surface area contributed by atoms with Gasteiger partial charge in [0.25, 0.3) is 5.91 Å². The van der Waals surface area contributed by atoms with Crippen LogP contribution in [-0.2, 0) is 4.79 Å². The maximum atomic E-state index is 12.1. The Kier molecular flexibility index (Phi) is 4.95. The molecule has 0 atom stereocenters. The van der Waals surface area contributed by atoms with Gasteiger partial charge in [0.2, 0.25) is 0 Å². The van der Waals surface area contributed by atoms with Crippen LogP contribution in [0.4, 0.5) is 0 Å². The highest BCUT2D eigenvalue weighted by Gasteiger charge is 2.30. The molecule has 5 nitrogen and oxygen atoms in total. The Bertz CT molecular complexity index is 643. The van der Waals surface area contributed by atoms with Crippen molar-refractivity contribution in [2.24, 2.45) is 4.99 Å². The molecular weight excluding hydrogens is 356 g/mol. The van der Waals surface area contributed by atoms with Crippen molar-refractivity contribution in [3.63, 3.8) is 0 Å². The second-order valence-electron chi connectivity index (χ2n) is 4.26. The Morgan fingerprint density at radius 3 is 2.81 bits per heavy atom. The summed E-state index contributed by atoms with van der Waals surface area (Å²) in [5, 5.41) is 10.9. The summed E-state index contributed by atoms with van der Waals surface area (Å²) < 4.78 is 6.15. The van der Waals surface area contributed by atoms with E-state index in [9.17, 15) is 9.90 Å². The molecule has 0 bridgehead atoms. The van der Waals surface area contributed by atoms with E-state index in [2.05, 4.69) is 20.9 Å². The summed E-state index contributed by atoms with van der Waals surface area (Å²) >= 11 is 4.65. The third kappa shape index (κ3) is 3.24. The smallest absolute Gasteiger partial charge is 0.266 e. The highest BCUT2D eigenvalue weighted by Crippen LogP contribution is 2.38. The van der Waals surface area contributed by atoms with Gasteiger partial charge in [-0.3, -0.25) is 14.7 Å². The molecule has 0 aromatic heterocycles. The first-order valence-corrected chi connectivity index (χ1v) is 7.88. The van der Waals surface area contributed by atoms with Crippen molar-refractivity contribution in [1.29, 1.82) is 0 Å². The molecule has 1 aromatic rings. The lowest BCUT2D eigenvalue weighted by Crippen LogP contribution is -2.23. The van der Waals surface area contributed by atoms with Crippen molar-refractivity contribution in [2.45, 2.75) is 6.92 Å². The largest absolute Gasteiger partial charge is 0.504 e. The van der Waals surface area contributed by atoms with Crippen LogP contribution in [0.3, 0.4) is 0 Å². The summed E-state index contributed by atoms with van der Waals surface area (Å²) in [5.41, 5.74) is 0.523. The number of carbonyl (C=O) groups is 1. The molecule has 1 N–H and O–H groups in total. The van der Waals surface area contributed by atoms with Gasteiger partial charge >= 0.3 is 0 Å². The molecule has 21 heavy (non-hydrogen) atoms. The van der Waals surface area contributed by atoms with Crippen molar-refractivity contribution < 1.29 is 14.6 Å². The Morgan fingerprint density at radius 1 is 1.52 bits per heavy atom. The number of aliphatic imine (C=N–C) groups is 1. The predicted octanol–water partition coefficient (Wildman–Crippen LogP) is 3.09. The topological polar surface area (TPSA) is 62.1 Å². The molecule has 0 spiro atoms. The number of amidine groups is 1. The number of hydrogen-bond acceptors (Lipinski definition) is 5. The minimum atomic E-state index is -0.141. The monoisotopic (exact) mass is 370 g/mol. The van der Waals surface area contributed by atoms with E-state index in [1.165, 1.54) is 16.7 Å². The van der Waals surface area contributed by atoms with Crippen molar-refractivity contribution in [2.75, 3.05) is 20.7 Å². The number of phenols is 1. The van der Waals surface area contributed by atoms with Gasteiger partial charge < -0.3 is 9.84 Å². The first-order chi connectivity index (χ1) is 9.97. The van der Waals surface area contributed by atoms with Gasteiger partial charge in [0.15, 0.2) is 16.7 Å². The van der Waals surface area contributed by atoms with E-state index in [0.29, 0.717) is 28.0 Å². The maximum absolute atomic E-state index is 12.1. The van der Waals surface area contributed by atoms with Crippen LogP contribution in [-0.4, -0.2) is 41.8 Å². The normalized spacial score (nSPS) is 18.9. The quantitative estimate of drug-likeness (QED) is 0.830. The van der Waals surface area contributed by atoms with Gasteiger partial charge in [-0.05, 0) is 36.9 Å². The number of benzene rings is 1. The molecule has 0 saturated carbocycles. The van der Waals surface area contributed by atoms with Gasteiger partial charge in [0, 0.05) is 24.1 Å². The Labute approximate surface area is 135 Å². The lowest BCUT2D eigenvalue weighted by molar-refractivity contribution is -0.121. The van der Waals surface area contributed by atoms with Gasteiger partial charge in [-0.2, -0.15) is 0 Å². The number of hydrogen-bond donors (Lipinski definition) is 1. The number of aromatic hydroxyl groups is 1. The first-order valence-electron chi connectivity index (χ1n) is 6.27. The minimum Gasteiger partial charge on any atom is -0.504 e. The highest BCUT2D eigenvalue weighted by molar-refractivity contribution is 9.10. The number of phenolic OH excluding ortho intramolecular Hbond substituents is 1. The number of halogens is 1. The highest BCUT2D eigenvalue weighted by atomic mass is 79.9. The molecule has 1 aromatic carbocycles. The van der Waals surface area contributed by atoms with Gasteiger partial charge in [-0.15, -0.1) is 0 Å². The zero-order valence-corrected chi connectivity index (χ0v) is 14.3. The Morgan fingerprint density at radius 2 is 2.24 bits per heavy atom. The van der Waals surface area contributed by atoms with Crippen LogP contribution in [0, 0.1) is 0 Å². The van der Waals surface area contributed by atoms with Crippen molar-refractivity contribution in [1.82, 2.24) is 4.90 Å². The van der Waals surface area contributed by atoms with E-state index in [1.54, 1.807) is 32.3 Å². The molecular formula is C14H15BrN2O3S. The summed E-state index contributed by atoms with van der Waals surface area (Å²) in [6.45, 7) is 2.29. The fraction of sp³-hybridized carbons (Fsp3) is 0.286. The minimum absolute atomic E-state index is 0.0190. The van der Waals surface area contributed by atoms with E-state index in [0.717, 1.165) is 4.47 Å². The van der Waals surface area contributed by atoms with Gasteiger partial charge in [0.05, 0.1) is 11.5 Å². The average molecular weight is 371 g/mol. The van der Waals surface area contributed by atoms with Crippen LogP contribution in [0.15, 0.2) is 26.5 Å². The number of rotatable bonds is 3. The lowest BCUT2D eigenvalue weighted by Gasteiger charge is -2.09. The summed E-state index contributed by atoms with van der Waals surface area (Å²) in [6, 6.07) is 3.43. The summed E-state index contributed by atoms with van der Waals surface area (Å²) in [5.74, 6) is 0.260. The van der Waals surface area contributed by atoms with Gasteiger partial charge in [0.1, 0.15) is 0 Å². The average Bonchev–Trinajstić information content (AvgIpc) is 2.72. The lowest BCUT2D eigenvalue weighted by atomic mass is 10.1. The molecule has 2 rings (SSSR count). The number of nitrogens with zero attached hydrogens (tertiary/aromatic N) is 2. The zero-order valence-electron chi connectivity index (χ0n) is 11.9. The predicted molar refractivity (Wildman–Crippen MR) is 88.7 cm³/mol. The molecule has 0 aliphatic carbocycles. The molecule has 1 aliphatic rings. The third-order valence-electron chi connectivity index (χ3n) is 2.85. The third-order valence-corrected chi connectivity index (χ3v) is 4.46. The van der Waals surface area contributed by atoms with Crippen LogP contribution in [0.1, 0.15) is 12.5 Å². The standard InChI is InChI=1S/C14H15BrN2O3S/c1-4-20-10-7-9(15)5-8(12(10)18)6-11-13(19)17(3)14(16-2)21-11/h5-7,18H,4H2,1-3H3/b11-6+,16-14?. The molecule has 1 heterocycles. The van der Waals surface area contributed by atoms with Crippen molar-refractivity contribution in [3.05, 3.63) is 27.1 Å². The summed E-state index contributed by atoms with van der Waals surface area (Å²) in [4.78, 5) is 18.2. The van der Waals surface area contributed by atoms with Crippen molar-refractivity contribution in [3.8, 4) is 11.5 Å². The SMILES string of the molecule is CCOc1cc(Br)cc(/C=C2/SC(=NC)N(C)C2=O)c1O. The molecule has 1 saturated heterocycles. The number of thioether (sulfide) groups is 1.